The number of aromatic carboxylic acids is 1. The Morgan fingerprint density at radius 3 is 2.35 bits per heavy atom. The zero-order valence-electron chi connectivity index (χ0n) is 11.8. The number of carboxylic acids is 1. The van der Waals surface area contributed by atoms with E-state index < -0.39 is 5.97 Å². The Hall–Kier alpha value is -2.36. The van der Waals surface area contributed by atoms with Crippen LogP contribution in [-0.2, 0) is 6.61 Å². The molecule has 0 aliphatic heterocycles. The lowest BCUT2D eigenvalue weighted by atomic mass is 10.1. The Kier molecular flexibility index (Phi) is 4.03. The molecule has 20 heavy (non-hydrogen) atoms. The lowest BCUT2D eigenvalue weighted by molar-refractivity contribution is 0.0696. The van der Waals surface area contributed by atoms with Crippen LogP contribution in [0, 0.1) is 20.8 Å². The molecule has 2 aromatic rings. The molecule has 1 N–H and O–H groups in total. The van der Waals surface area contributed by atoms with Gasteiger partial charge in [-0.05, 0) is 55.7 Å². The molecular formula is C16H17NO3. The number of carbonyl (C=O) groups is 1. The molecule has 1 aromatic heterocycles. The van der Waals surface area contributed by atoms with E-state index in [9.17, 15) is 4.79 Å². The maximum atomic E-state index is 11.0. The van der Waals surface area contributed by atoms with Crippen LogP contribution in [0.15, 0.2) is 30.6 Å². The van der Waals surface area contributed by atoms with Crippen molar-refractivity contribution in [2.75, 3.05) is 0 Å². The van der Waals surface area contributed by atoms with Crippen molar-refractivity contribution in [3.63, 3.8) is 0 Å². The molecule has 0 unspecified atom stereocenters. The second-order valence-corrected chi connectivity index (χ2v) is 4.90. The molecule has 0 saturated carbocycles. The van der Waals surface area contributed by atoms with Gasteiger partial charge in [-0.15, -0.1) is 0 Å². The summed E-state index contributed by atoms with van der Waals surface area (Å²) in [5.41, 5.74) is 4.00. The number of carboxylic acid groups (broad SMARTS) is 1. The van der Waals surface area contributed by atoms with Gasteiger partial charge in [-0.2, -0.15) is 0 Å². The molecule has 0 fully saturated rings. The van der Waals surface area contributed by atoms with Gasteiger partial charge in [0.2, 0.25) is 0 Å². The molecule has 0 aliphatic carbocycles. The van der Waals surface area contributed by atoms with Gasteiger partial charge in [-0.25, -0.2) is 4.79 Å². The fourth-order valence-corrected chi connectivity index (χ4v) is 2.15. The molecule has 0 amide bonds. The molecule has 0 radical (unpaired) electrons. The molecule has 0 aliphatic rings. The quantitative estimate of drug-likeness (QED) is 0.927. The molecule has 2 rings (SSSR count). The minimum atomic E-state index is -0.925. The van der Waals surface area contributed by atoms with E-state index >= 15 is 0 Å². The third kappa shape index (κ3) is 3.15. The summed E-state index contributed by atoms with van der Waals surface area (Å²) in [5.74, 6) is -0.192. The van der Waals surface area contributed by atoms with Crippen LogP contribution < -0.4 is 4.74 Å². The normalized spacial score (nSPS) is 10.3. The largest absolute Gasteiger partial charge is 0.488 e. The number of aromatic nitrogens is 1. The Balaban J connectivity index is 2.20. The van der Waals surface area contributed by atoms with Gasteiger partial charge in [-0.3, -0.25) is 4.98 Å². The van der Waals surface area contributed by atoms with E-state index in [-0.39, 0.29) is 5.56 Å². The maximum Gasteiger partial charge on any atom is 0.335 e. The van der Waals surface area contributed by atoms with Crippen LogP contribution in [0.3, 0.4) is 0 Å². The zero-order valence-corrected chi connectivity index (χ0v) is 11.8. The van der Waals surface area contributed by atoms with Gasteiger partial charge < -0.3 is 9.84 Å². The van der Waals surface area contributed by atoms with Gasteiger partial charge in [-0.1, -0.05) is 0 Å². The van der Waals surface area contributed by atoms with Crippen molar-refractivity contribution < 1.29 is 14.6 Å². The predicted molar refractivity (Wildman–Crippen MR) is 76.2 cm³/mol. The first kappa shape index (κ1) is 14.1. The fraction of sp³-hybridized carbons (Fsp3) is 0.250. The monoisotopic (exact) mass is 271 g/mol. The molecule has 4 nitrogen and oxygen atoms in total. The van der Waals surface area contributed by atoms with Crippen LogP contribution in [0.1, 0.15) is 32.6 Å². The van der Waals surface area contributed by atoms with Gasteiger partial charge in [0, 0.05) is 18.0 Å². The van der Waals surface area contributed by atoms with Gasteiger partial charge >= 0.3 is 5.97 Å². The van der Waals surface area contributed by atoms with Gasteiger partial charge in [0.1, 0.15) is 12.4 Å². The summed E-state index contributed by atoms with van der Waals surface area (Å²) in [7, 11) is 0. The van der Waals surface area contributed by atoms with Crippen LogP contribution >= 0.6 is 0 Å². The highest BCUT2D eigenvalue weighted by molar-refractivity contribution is 5.88. The van der Waals surface area contributed by atoms with E-state index in [0.29, 0.717) is 6.61 Å². The lowest BCUT2D eigenvalue weighted by Crippen LogP contribution is -2.03. The molecule has 0 saturated heterocycles. The highest BCUT2D eigenvalue weighted by Crippen LogP contribution is 2.25. The standard InChI is InChI=1S/C16H17NO3/c1-10-4-13(8-17-7-10)9-20-15-11(2)5-14(16(18)19)6-12(15)3/h4-8H,9H2,1-3H3,(H,18,19). The molecule has 1 heterocycles. The van der Waals surface area contributed by atoms with Gasteiger partial charge in [0.15, 0.2) is 0 Å². The number of hydrogen-bond donors (Lipinski definition) is 1. The Morgan fingerprint density at radius 1 is 1.15 bits per heavy atom. The maximum absolute atomic E-state index is 11.0. The van der Waals surface area contributed by atoms with Crippen LogP contribution in [-0.4, -0.2) is 16.1 Å². The highest BCUT2D eigenvalue weighted by Gasteiger charge is 2.10. The highest BCUT2D eigenvalue weighted by atomic mass is 16.5. The van der Waals surface area contributed by atoms with Crippen LogP contribution in [0.4, 0.5) is 0 Å². The SMILES string of the molecule is Cc1cncc(COc2c(C)cc(C(=O)O)cc2C)c1. The van der Waals surface area contributed by atoms with Crippen molar-refractivity contribution >= 4 is 5.97 Å². The van der Waals surface area contributed by atoms with Crippen molar-refractivity contribution in [3.05, 3.63) is 58.4 Å². The minimum absolute atomic E-state index is 0.282. The number of aryl methyl sites for hydroxylation is 3. The third-order valence-corrected chi connectivity index (χ3v) is 3.02. The Morgan fingerprint density at radius 2 is 1.80 bits per heavy atom. The van der Waals surface area contributed by atoms with Crippen molar-refractivity contribution in [1.82, 2.24) is 4.98 Å². The number of rotatable bonds is 4. The molecular weight excluding hydrogens is 254 g/mol. The molecule has 1 aromatic carbocycles. The first-order valence-corrected chi connectivity index (χ1v) is 6.35. The molecule has 0 atom stereocenters. The number of benzene rings is 1. The topological polar surface area (TPSA) is 59.4 Å². The molecule has 0 spiro atoms. The van der Waals surface area contributed by atoms with E-state index in [1.807, 2.05) is 26.8 Å². The minimum Gasteiger partial charge on any atom is -0.488 e. The summed E-state index contributed by atoms with van der Waals surface area (Å²) < 4.78 is 5.81. The van der Waals surface area contributed by atoms with Crippen molar-refractivity contribution in [3.8, 4) is 5.75 Å². The molecule has 104 valence electrons. The molecule has 0 bridgehead atoms. The lowest BCUT2D eigenvalue weighted by Gasteiger charge is -2.13. The number of nitrogens with zero attached hydrogens (tertiary/aromatic N) is 1. The van der Waals surface area contributed by atoms with Crippen LogP contribution in [0.25, 0.3) is 0 Å². The summed E-state index contributed by atoms with van der Waals surface area (Å²) in [6, 6.07) is 5.27. The van der Waals surface area contributed by atoms with E-state index in [1.165, 1.54) is 0 Å². The zero-order chi connectivity index (χ0) is 14.7. The number of ether oxygens (including phenoxy) is 1. The second-order valence-electron chi connectivity index (χ2n) is 4.90. The number of hydrogen-bond acceptors (Lipinski definition) is 3. The van der Waals surface area contributed by atoms with E-state index in [0.717, 1.165) is 28.0 Å². The Labute approximate surface area is 118 Å². The van der Waals surface area contributed by atoms with Crippen LogP contribution in [0.2, 0.25) is 0 Å². The first-order valence-electron chi connectivity index (χ1n) is 6.35. The average Bonchev–Trinajstić information content (AvgIpc) is 2.37. The smallest absolute Gasteiger partial charge is 0.335 e. The Bertz CT molecular complexity index is 627. The van der Waals surface area contributed by atoms with E-state index in [1.54, 1.807) is 24.5 Å². The predicted octanol–water partition coefficient (Wildman–Crippen LogP) is 3.28. The fourth-order valence-electron chi connectivity index (χ4n) is 2.15. The van der Waals surface area contributed by atoms with Crippen molar-refractivity contribution in [2.24, 2.45) is 0 Å². The second kappa shape index (κ2) is 5.74. The summed E-state index contributed by atoms with van der Waals surface area (Å²) in [6.07, 6.45) is 3.56. The third-order valence-electron chi connectivity index (χ3n) is 3.02. The van der Waals surface area contributed by atoms with Crippen LogP contribution in [0.5, 0.6) is 5.75 Å². The summed E-state index contributed by atoms with van der Waals surface area (Å²) >= 11 is 0. The summed E-state index contributed by atoms with van der Waals surface area (Å²) in [4.78, 5) is 15.1. The summed E-state index contributed by atoms with van der Waals surface area (Å²) in [6.45, 7) is 6.10. The van der Waals surface area contributed by atoms with Gasteiger partial charge in [0.25, 0.3) is 0 Å². The first-order chi connectivity index (χ1) is 9.47. The van der Waals surface area contributed by atoms with Crippen molar-refractivity contribution in [2.45, 2.75) is 27.4 Å². The van der Waals surface area contributed by atoms with E-state index in [4.69, 9.17) is 9.84 Å². The van der Waals surface area contributed by atoms with Crippen molar-refractivity contribution in [1.29, 1.82) is 0 Å². The average molecular weight is 271 g/mol. The van der Waals surface area contributed by atoms with Gasteiger partial charge in [0.05, 0.1) is 5.56 Å². The van der Waals surface area contributed by atoms with E-state index in [2.05, 4.69) is 4.98 Å². The summed E-state index contributed by atoms with van der Waals surface area (Å²) in [5, 5.41) is 9.01. The number of pyridine rings is 1. The molecule has 4 heteroatoms.